The van der Waals surface area contributed by atoms with E-state index in [1.165, 1.54) is 16.1 Å². The van der Waals surface area contributed by atoms with Gasteiger partial charge >= 0.3 is 0 Å². The van der Waals surface area contributed by atoms with Crippen molar-refractivity contribution in [3.8, 4) is 0 Å². The average molecular weight is 302 g/mol. The van der Waals surface area contributed by atoms with E-state index in [9.17, 15) is 0 Å². The van der Waals surface area contributed by atoms with Gasteiger partial charge in [-0.3, -0.25) is 0 Å². The zero-order valence-electron chi connectivity index (χ0n) is 13.5. The number of likely N-dealkylation sites (N-methyl/N-ethyl adjacent to an activating group) is 1. The number of para-hydroxylation sites is 1. The second-order valence-corrected chi connectivity index (χ2v) is 7.52. The van der Waals surface area contributed by atoms with Gasteiger partial charge in [-0.1, -0.05) is 24.3 Å². The van der Waals surface area contributed by atoms with E-state index < -0.39 is 0 Å². The van der Waals surface area contributed by atoms with Gasteiger partial charge in [0.2, 0.25) is 0 Å². The fourth-order valence-electron chi connectivity index (χ4n) is 2.25. The highest BCUT2D eigenvalue weighted by Crippen LogP contribution is 2.21. The second-order valence-electron chi connectivity index (χ2n) is 6.48. The zero-order chi connectivity index (χ0) is 15.3. The number of anilines is 1. The van der Waals surface area contributed by atoms with E-state index in [0.717, 1.165) is 19.5 Å². The van der Waals surface area contributed by atoms with Crippen molar-refractivity contribution in [2.45, 2.75) is 39.3 Å². The lowest BCUT2D eigenvalue weighted by Gasteiger charge is -2.25. The monoisotopic (exact) mass is 302 g/mol. The lowest BCUT2D eigenvalue weighted by molar-refractivity contribution is 0.424. The first-order chi connectivity index (χ1) is 9.96. The molecule has 2 nitrogen and oxygen atoms in total. The number of hydrogen-bond acceptors (Lipinski definition) is 3. The summed E-state index contributed by atoms with van der Waals surface area (Å²) in [7, 11) is 2.18. The number of thiophene rings is 1. The maximum Gasteiger partial charge on any atom is 0.0409 e. The zero-order valence-corrected chi connectivity index (χ0v) is 14.3. The number of nitrogens with zero attached hydrogens (tertiary/aromatic N) is 1. The third-order valence-corrected chi connectivity index (χ3v) is 4.42. The van der Waals surface area contributed by atoms with Crippen molar-refractivity contribution in [1.29, 1.82) is 0 Å². The highest BCUT2D eigenvalue weighted by atomic mass is 32.1. The van der Waals surface area contributed by atoms with Gasteiger partial charge in [-0.15, -0.1) is 11.3 Å². The second kappa shape index (κ2) is 7.10. The molecule has 0 aliphatic heterocycles. The van der Waals surface area contributed by atoms with Crippen LogP contribution in [0, 0.1) is 0 Å². The highest BCUT2D eigenvalue weighted by molar-refractivity contribution is 7.09. The molecule has 0 aliphatic rings. The van der Waals surface area contributed by atoms with Crippen molar-refractivity contribution >= 4 is 17.0 Å². The van der Waals surface area contributed by atoms with Crippen molar-refractivity contribution in [3.05, 3.63) is 52.2 Å². The normalized spacial score (nSPS) is 11.6. The fraction of sp³-hybridized carbons (Fsp3) is 0.444. The Kier molecular flexibility index (Phi) is 5.43. The van der Waals surface area contributed by atoms with Gasteiger partial charge in [0.05, 0.1) is 0 Å². The summed E-state index contributed by atoms with van der Waals surface area (Å²) in [6.45, 7) is 8.57. The quantitative estimate of drug-likeness (QED) is 0.855. The Bertz CT molecular complexity index is 541. The minimum absolute atomic E-state index is 0.142. The van der Waals surface area contributed by atoms with Crippen LogP contribution in [-0.4, -0.2) is 19.1 Å². The summed E-state index contributed by atoms with van der Waals surface area (Å²) in [5.41, 5.74) is 2.83. The summed E-state index contributed by atoms with van der Waals surface area (Å²) in [6, 6.07) is 13.0. The smallest absolute Gasteiger partial charge is 0.0409 e. The first-order valence-corrected chi connectivity index (χ1v) is 8.40. The van der Waals surface area contributed by atoms with Crippen LogP contribution in [0.15, 0.2) is 41.8 Å². The Balaban J connectivity index is 2.00. The molecule has 0 unspecified atom stereocenters. The molecule has 0 fully saturated rings. The van der Waals surface area contributed by atoms with Crippen molar-refractivity contribution in [2.24, 2.45) is 0 Å². The largest absolute Gasteiger partial charge is 0.374 e. The molecule has 1 heterocycles. The van der Waals surface area contributed by atoms with Gasteiger partial charge in [-0.2, -0.15) is 0 Å². The molecular weight excluding hydrogens is 276 g/mol. The van der Waals surface area contributed by atoms with E-state index in [0.29, 0.717) is 0 Å². The molecule has 0 spiro atoms. The Morgan fingerprint density at radius 2 is 1.86 bits per heavy atom. The molecule has 2 rings (SSSR count). The lowest BCUT2D eigenvalue weighted by Crippen LogP contribution is -2.35. The first-order valence-electron chi connectivity index (χ1n) is 7.52. The highest BCUT2D eigenvalue weighted by Gasteiger charge is 2.12. The number of nitrogens with one attached hydrogen (secondary N) is 1. The minimum Gasteiger partial charge on any atom is -0.374 e. The summed E-state index contributed by atoms with van der Waals surface area (Å²) < 4.78 is 0. The molecular formula is C18H26N2S. The maximum atomic E-state index is 3.58. The molecule has 3 heteroatoms. The number of rotatable bonds is 6. The minimum atomic E-state index is 0.142. The molecule has 0 bridgehead atoms. The van der Waals surface area contributed by atoms with Crippen LogP contribution in [0.1, 0.15) is 31.2 Å². The molecule has 0 amide bonds. The SMILES string of the molecule is CN(CCc1cccs1)c1ccccc1CNC(C)(C)C. The van der Waals surface area contributed by atoms with E-state index in [1.807, 2.05) is 11.3 Å². The molecule has 21 heavy (non-hydrogen) atoms. The van der Waals surface area contributed by atoms with Crippen LogP contribution < -0.4 is 10.2 Å². The van der Waals surface area contributed by atoms with Gasteiger partial charge in [0.1, 0.15) is 0 Å². The predicted molar refractivity (Wildman–Crippen MR) is 94.3 cm³/mol. The molecule has 0 aliphatic carbocycles. The van der Waals surface area contributed by atoms with Gasteiger partial charge in [0.15, 0.2) is 0 Å². The van der Waals surface area contributed by atoms with Crippen LogP contribution in [0.25, 0.3) is 0 Å². The van der Waals surface area contributed by atoms with Crippen molar-refractivity contribution in [1.82, 2.24) is 5.32 Å². The van der Waals surface area contributed by atoms with Gasteiger partial charge in [-0.25, -0.2) is 0 Å². The molecule has 2 aromatic rings. The van der Waals surface area contributed by atoms with E-state index in [1.54, 1.807) is 0 Å². The number of hydrogen-bond donors (Lipinski definition) is 1. The predicted octanol–water partition coefficient (Wildman–Crippen LogP) is 4.32. The Hall–Kier alpha value is -1.32. The summed E-state index contributed by atoms with van der Waals surface area (Å²) in [5, 5.41) is 5.73. The summed E-state index contributed by atoms with van der Waals surface area (Å²) >= 11 is 1.84. The molecule has 0 radical (unpaired) electrons. The van der Waals surface area contributed by atoms with Crippen molar-refractivity contribution in [2.75, 3.05) is 18.5 Å². The molecule has 1 aromatic carbocycles. The standard InChI is InChI=1S/C18H26N2S/c1-18(2,3)19-14-15-8-5-6-10-17(15)20(4)12-11-16-9-7-13-21-16/h5-10,13,19H,11-12,14H2,1-4H3. The van der Waals surface area contributed by atoms with Crippen LogP contribution in [0.5, 0.6) is 0 Å². The number of benzene rings is 1. The Morgan fingerprint density at radius 3 is 2.52 bits per heavy atom. The van der Waals surface area contributed by atoms with Crippen LogP contribution in [-0.2, 0) is 13.0 Å². The summed E-state index contributed by atoms with van der Waals surface area (Å²) in [4.78, 5) is 3.81. The van der Waals surface area contributed by atoms with Gasteiger partial charge < -0.3 is 10.2 Å². The molecule has 1 aromatic heterocycles. The van der Waals surface area contributed by atoms with Crippen LogP contribution in [0.3, 0.4) is 0 Å². The average Bonchev–Trinajstić information content (AvgIpc) is 2.95. The van der Waals surface area contributed by atoms with Crippen molar-refractivity contribution in [3.63, 3.8) is 0 Å². The van der Waals surface area contributed by atoms with Gasteiger partial charge in [-0.05, 0) is 50.3 Å². The van der Waals surface area contributed by atoms with Gasteiger partial charge in [0.25, 0.3) is 0 Å². The third-order valence-electron chi connectivity index (χ3n) is 3.49. The van der Waals surface area contributed by atoms with Crippen LogP contribution in [0.4, 0.5) is 5.69 Å². The van der Waals surface area contributed by atoms with E-state index in [-0.39, 0.29) is 5.54 Å². The van der Waals surface area contributed by atoms with Crippen LogP contribution >= 0.6 is 11.3 Å². The molecule has 0 atom stereocenters. The molecule has 1 N–H and O–H groups in total. The molecule has 0 saturated carbocycles. The fourth-order valence-corrected chi connectivity index (χ4v) is 2.94. The summed E-state index contributed by atoms with van der Waals surface area (Å²) in [5.74, 6) is 0. The van der Waals surface area contributed by atoms with Gasteiger partial charge in [0, 0.05) is 36.2 Å². The Morgan fingerprint density at radius 1 is 1.10 bits per heavy atom. The van der Waals surface area contributed by atoms with Crippen molar-refractivity contribution < 1.29 is 0 Å². The summed E-state index contributed by atoms with van der Waals surface area (Å²) in [6.07, 6.45) is 1.11. The Labute approximate surface area is 132 Å². The van der Waals surface area contributed by atoms with E-state index in [2.05, 4.69) is 79.8 Å². The van der Waals surface area contributed by atoms with Crippen LogP contribution in [0.2, 0.25) is 0 Å². The lowest BCUT2D eigenvalue weighted by atomic mass is 10.1. The molecule has 114 valence electrons. The first kappa shape index (κ1) is 16.1. The van der Waals surface area contributed by atoms with E-state index >= 15 is 0 Å². The molecule has 0 saturated heterocycles. The topological polar surface area (TPSA) is 15.3 Å². The van der Waals surface area contributed by atoms with E-state index in [4.69, 9.17) is 0 Å². The maximum absolute atomic E-state index is 3.58. The third kappa shape index (κ3) is 5.18.